The molecule has 0 atom stereocenters. The quantitative estimate of drug-likeness (QED) is 0.938. The number of anilines is 1. The smallest absolute Gasteiger partial charge is 0.186 e. The van der Waals surface area contributed by atoms with Crippen molar-refractivity contribution in [2.75, 3.05) is 23.4 Å². The molecular formula is C15H16N4S. The summed E-state index contributed by atoms with van der Waals surface area (Å²) in [6.45, 7) is 0.908. The second-order valence-corrected chi connectivity index (χ2v) is 6.21. The van der Waals surface area contributed by atoms with Gasteiger partial charge in [-0.05, 0) is 36.3 Å². The topological polar surface area (TPSA) is 61.6 Å². The van der Waals surface area contributed by atoms with Crippen LogP contribution in [0.1, 0.15) is 18.5 Å². The number of hydrogen-bond donors (Lipinski definition) is 1. The number of aromatic nitrogens is 2. The van der Waals surface area contributed by atoms with Gasteiger partial charge in [-0.1, -0.05) is 18.2 Å². The third kappa shape index (κ3) is 2.70. The Morgan fingerprint density at radius 3 is 2.85 bits per heavy atom. The highest BCUT2D eigenvalue weighted by atomic mass is 32.2. The van der Waals surface area contributed by atoms with Gasteiger partial charge in [0.1, 0.15) is 6.07 Å². The summed E-state index contributed by atoms with van der Waals surface area (Å²) in [6.07, 6.45) is 2.49. The van der Waals surface area contributed by atoms with Gasteiger partial charge >= 0.3 is 0 Å². The lowest BCUT2D eigenvalue weighted by molar-refractivity contribution is 0.516. The standard InChI is InChI=1S/C15H16N4S/c16-9-14-15(17-10-11-5-7-20-8-6-11)12-3-1-2-4-13(12)18-19-14/h1-4,11H,5-8,10H2,(H,17,18). The Bertz CT molecular complexity index is 644. The Hall–Kier alpha value is -1.80. The third-order valence-electron chi connectivity index (χ3n) is 3.68. The van der Waals surface area contributed by atoms with Crippen molar-refractivity contribution < 1.29 is 0 Å². The van der Waals surface area contributed by atoms with Crippen LogP contribution in [-0.4, -0.2) is 28.2 Å². The summed E-state index contributed by atoms with van der Waals surface area (Å²) < 4.78 is 0. The van der Waals surface area contributed by atoms with Gasteiger partial charge in [0.15, 0.2) is 5.69 Å². The number of thioether (sulfide) groups is 1. The first-order valence-electron chi connectivity index (χ1n) is 6.85. The minimum Gasteiger partial charge on any atom is -0.382 e. The summed E-state index contributed by atoms with van der Waals surface area (Å²) in [5.41, 5.74) is 2.04. The van der Waals surface area contributed by atoms with E-state index in [9.17, 15) is 5.26 Å². The molecule has 0 amide bonds. The van der Waals surface area contributed by atoms with Crippen LogP contribution in [0.3, 0.4) is 0 Å². The molecule has 3 rings (SSSR count). The van der Waals surface area contributed by atoms with Crippen LogP contribution in [0.2, 0.25) is 0 Å². The van der Waals surface area contributed by atoms with Gasteiger partial charge in [-0.3, -0.25) is 0 Å². The minimum absolute atomic E-state index is 0.383. The Kier molecular flexibility index (Phi) is 4.03. The van der Waals surface area contributed by atoms with E-state index in [1.807, 2.05) is 36.0 Å². The summed E-state index contributed by atoms with van der Waals surface area (Å²) >= 11 is 2.03. The number of hydrogen-bond acceptors (Lipinski definition) is 5. The molecule has 0 saturated carbocycles. The summed E-state index contributed by atoms with van der Waals surface area (Å²) in [5, 5.41) is 21.7. The summed E-state index contributed by atoms with van der Waals surface area (Å²) in [5.74, 6) is 3.18. The van der Waals surface area contributed by atoms with E-state index in [1.165, 1.54) is 24.3 Å². The van der Waals surface area contributed by atoms with E-state index >= 15 is 0 Å². The second-order valence-electron chi connectivity index (χ2n) is 4.99. The van der Waals surface area contributed by atoms with Gasteiger partial charge < -0.3 is 5.32 Å². The van der Waals surface area contributed by atoms with Gasteiger partial charge in [0.25, 0.3) is 0 Å². The highest BCUT2D eigenvalue weighted by Crippen LogP contribution is 2.27. The van der Waals surface area contributed by atoms with Crippen LogP contribution in [0, 0.1) is 17.2 Å². The second kappa shape index (κ2) is 6.10. The zero-order chi connectivity index (χ0) is 13.8. The average molecular weight is 284 g/mol. The Morgan fingerprint density at radius 2 is 2.05 bits per heavy atom. The molecule has 20 heavy (non-hydrogen) atoms. The maximum absolute atomic E-state index is 9.22. The number of fused-ring (bicyclic) bond motifs is 1. The fraction of sp³-hybridized carbons (Fsp3) is 0.400. The number of benzene rings is 1. The number of nitrogens with zero attached hydrogens (tertiary/aromatic N) is 3. The largest absolute Gasteiger partial charge is 0.382 e. The molecular weight excluding hydrogens is 268 g/mol. The van der Waals surface area contributed by atoms with E-state index in [0.717, 1.165) is 23.1 Å². The molecule has 1 aliphatic heterocycles. The van der Waals surface area contributed by atoms with Gasteiger partial charge in [0, 0.05) is 11.9 Å². The van der Waals surface area contributed by atoms with E-state index in [0.29, 0.717) is 11.6 Å². The first-order valence-corrected chi connectivity index (χ1v) is 8.01. The molecule has 1 aliphatic rings. The molecule has 102 valence electrons. The molecule has 0 unspecified atom stereocenters. The fourth-order valence-electron chi connectivity index (χ4n) is 2.51. The zero-order valence-corrected chi connectivity index (χ0v) is 12.0. The van der Waals surface area contributed by atoms with Crippen molar-refractivity contribution in [3.8, 4) is 6.07 Å². The van der Waals surface area contributed by atoms with Crippen molar-refractivity contribution in [1.82, 2.24) is 10.2 Å². The van der Waals surface area contributed by atoms with Crippen LogP contribution in [0.15, 0.2) is 24.3 Å². The Balaban J connectivity index is 1.87. The van der Waals surface area contributed by atoms with Crippen LogP contribution < -0.4 is 5.32 Å². The molecule has 0 spiro atoms. The number of nitrogens with one attached hydrogen (secondary N) is 1. The molecule has 0 bridgehead atoms. The van der Waals surface area contributed by atoms with Gasteiger partial charge in [0.2, 0.25) is 0 Å². The molecule has 1 fully saturated rings. The predicted octanol–water partition coefficient (Wildman–Crippen LogP) is 3.06. The van der Waals surface area contributed by atoms with Crippen LogP contribution >= 0.6 is 11.8 Å². The highest BCUT2D eigenvalue weighted by Gasteiger charge is 2.15. The Labute approximate surface area is 122 Å². The van der Waals surface area contributed by atoms with Crippen molar-refractivity contribution >= 4 is 28.4 Å². The average Bonchev–Trinajstić information content (AvgIpc) is 2.53. The number of nitriles is 1. The highest BCUT2D eigenvalue weighted by molar-refractivity contribution is 7.99. The molecule has 0 aliphatic carbocycles. The lowest BCUT2D eigenvalue weighted by Crippen LogP contribution is -2.20. The SMILES string of the molecule is N#Cc1nnc2ccccc2c1NCC1CCSCC1. The molecule has 1 aromatic carbocycles. The monoisotopic (exact) mass is 284 g/mol. The molecule has 4 nitrogen and oxygen atoms in total. The maximum Gasteiger partial charge on any atom is 0.186 e. The molecule has 1 saturated heterocycles. The van der Waals surface area contributed by atoms with Gasteiger partial charge in [-0.2, -0.15) is 17.0 Å². The molecule has 2 heterocycles. The van der Waals surface area contributed by atoms with Gasteiger partial charge in [0.05, 0.1) is 11.2 Å². The molecule has 1 aromatic heterocycles. The van der Waals surface area contributed by atoms with E-state index in [4.69, 9.17) is 0 Å². The predicted molar refractivity (Wildman–Crippen MR) is 82.8 cm³/mol. The van der Waals surface area contributed by atoms with Crippen molar-refractivity contribution in [3.05, 3.63) is 30.0 Å². The summed E-state index contributed by atoms with van der Waals surface area (Å²) in [6, 6.07) is 9.95. The molecule has 1 N–H and O–H groups in total. The minimum atomic E-state index is 0.383. The van der Waals surface area contributed by atoms with E-state index in [2.05, 4.69) is 21.6 Å². The lowest BCUT2D eigenvalue weighted by Gasteiger charge is -2.22. The van der Waals surface area contributed by atoms with Crippen LogP contribution in [-0.2, 0) is 0 Å². The maximum atomic E-state index is 9.22. The van der Waals surface area contributed by atoms with Crippen molar-refractivity contribution in [3.63, 3.8) is 0 Å². The molecule has 5 heteroatoms. The van der Waals surface area contributed by atoms with Crippen LogP contribution in [0.25, 0.3) is 10.9 Å². The van der Waals surface area contributed by atoms with Gasteiger partial charge in [-0.25, -0.2) is 0 Å². The molecule has 0 radical (unpaired) electrons. The van der Waals surface area contributed by atoms with Crippen molar-refractivity contribution in [2.24, 2.45) is 5.92 Å². The molecule has 2 aromatic rings. The lowest BCUT2D eigenvalue weighted by atomic mass is 10.0. The normalized spacial score (nSPS) is 15.9. The van der Waals surface area contributed by atoms with E-state index < -0.39 is 0 Å². The summed E-state index contributed by atoms with van der Waals surface area (Å²) in [7, 11) is 0. The first kappa shape index (κ1) is 13.2. The van der Waals surface area contributed by atoms with Crippen molar-refractivity contribution in [1.29, 1.82) is 5.26 Å². The number of rotatable bonds is 3. The van der Waals surface area contributed by atoms with Crippen LogP contribution in [0.4, 0.5) is 5.69 Å². The first-order chi connectivity index (χ1) is 9.88. The third-order valence-corrected chi connectivity index (χ3v) is 4.73. The summed E-state index contributed by atoms with van der Waals surface area (Å²) in [4.78, 5) is 0. The van der Waals surface area contributed by atoms with E-state index in [-0.39, 0.29) is 0 Å². The Morgan fingerprint density at radius 1 is 1.25 bits per heavy atom. The fourth-order valence-corrected chi connectivity index (χ4v) is 3.71. The van der Waals surface area contributed by atoms with Crippen molar-refractivity contribution in [2.45, 2.75) is 12.8 Å². The zero-order valence-electron chi connectivity index (χ0n) is 11.2. The van der Waals surface area contributed by atoms with Crippen LogP contribution in [0.5, 0.6) is 0 Å². The van der Waals surface area contributed by atoms with E-state index in [1.54, 1.807) is 0 Å². The van der Waals surface area contributed by atoms with Gasteiger partial charge in [-0.15, -0.1) is 10.2 Å².